The van der Waals surface area contributed by atoms with Gasteiger partial charge in [-0.3, -0.25) is 14.4 Å². The summed E-state index contributed by atoms with van der Waals surface area (Å²) in [6.45, 7) is 3.52. The molecule has 1 spiro atoms. The molecule has 1 amide bonds. The first-order chi connectivity index (χ1) is 13.0. The van der Waals surface area contributed by atoms with Crippen LogP contribution in [0.25, 0.3) is 0 Å². The number of carboxylic acid groups (broad SMARTS) is 1. The highest BCUT2D eigenvalue weighted by Crippen LogP contribution is 2.38. The summed E-state index contributed by atoms with van der Waals surface area (Å²) in [6, 6.07) is 1.78. The van der Waals surface area contributed by atoms with Crippen molar-refractivity contribution in [2.24, 2.45) is 13.0 Å². The SMILES string of the molecule is COCC1CCN(C)C2(C1)CN(C(=O)c1ccn(C)n1)C2.O=C(O)C(F)(F)F. The molecule has 2 aliphatic rings. The number of aryl methyl sites for hydroxylation is 1. The topological polar surface area (TPSA) is 87.9 Å². The monoisotopic (exact) mass is 406 g/mol. The Labute approximate surface area is 160 Å². The molecule has 3 rings (SSSR count). The predicted octanol–water partition coefficient (Wildman–Crippen LogP) is 1.24. The van der Waals surface area contributed by atoms with Crippen LogP contribution in [0, 0.1) is 5.92 Å². The Hall–Kier alpha value is -2.14. The number of alkyl halides is 3. The van der Waals surface area contributed by atoms with Crippen LogP contribution in [0.1, 0.15) is 23.3 Å². The van der Waals surface area contributed by atoms with Gasteiger partial charge in [0, 0.05) is 40.1 Å². The molecule has 3 heterocycles. The van der Waals surface area contributed by atoms with Gasteiger partial charge < -0.3 is 14.7 Å². The van der Waals surface area contributed by atoms with Crippen molar-refractivity contribution in [2.75, 3.05) is 40.4 Å². The van der Waals surface area contributed by atoms with Crippen molar-refractivity contribution >= 4 is 11.9 Å². The fraction of sp³-hybridized carbons (Fsp3) is 0.706. The fourth-order valence-electron chi connectivity index (χ4n) is 3.66. The number of hydrogen-bond acceptors (Lipinski definition) is 5. The van der Waals surface area contributed by atoms with Gasteiger partial charge in [0.15, 0.2) is 0 Å². The summed E-state index contributed by atoms with van der Waals surface area (Å²) in [5.41, 5.74) is 0.686. The van der Waals surface area contributed by atoms with Gasteiger partial charge in [-0.05, 0) is 38.4 Å². The molecule has 2 aliphatic heterocycles. The van der Waals surface area contributed by atoms with E-state index in [1.54, 1.807) is 17.9 Å². The average Bonchev–Trinajstić information content (AvgIpc) is 3.00. The van der Waals surface area contributed by atoms with Crippen molar-refractivity contribution < 1.29 is 32.6 Å². The normalized spacial score (nSPS) is 21.6. The number of carbonyl (C=O) groups excluding carboxylic acids is 1. The highest BCUT2D eigenvalue weighted by molar-refractivity contribution is 5.93. The first-order valence-electron chi connectivity index (χ1n) is 8.78. The highest BCUT2D eigenvalue weighted by atomic mass is 19.4. The van der Waals surface area contributed by atoms with Crippen LogP contribution in [0.3, 0.4) is 0 Å². The molecule has 1 aromatic rings. The van der Waals surface area contributed by atoms with E-state index in [-0.39, 0.29) is 11.4 Å². The zero-order valence-corrected chi connectivity index (χ0v) is 16.1. The van der Waals surface area contributed by atoms with E-state index in [0.717, 1.165) is 32.7 Å². The minimum absolute atomic E-state index is 0.0449. The molecule has 8 nitrogen and oxygen atoms in total. The lowest BCUT2D eigenvalue weighted by Gasteiger charge is -2.58. The molecular weight excluding hydrogens is 381 g/mol. The second-order valence-corrected chi connectivity index (χ2v) is 7.30. The summed E-state index contributed by atoms with van der Waals surface area (Å²) in [5, 5.41) is 11.3. The molecule has 158 valence electrons. The lowest BCUT2D eigenvalue weighted by Crippen LogP contribution is -2.72. The number of aliphatic carboxylic acids is 1. The first kappa shape index (κ1) is 22.2. The lowest BCUT2D eigenvalue weighted by molar-refractivity contribution is -0.192. The Morgan fingerprint density at radius 2 is 1.96 bits per heavy atom. The van der Waals surface area contributed by atoms with Gasteiger partial charge in [-0.25, -0.2) is 4.79 Å². The Morgan fingerprint density at radius 1 is 1.36 bits per heavy atom. The number of likely N-dealkylation sites (N-methyl/N-ethyl adjacent to an activating group) is 1. The van der Waals surface area contributed by atoms with Crippen LogP contribution >= 0.6 is 0 Å². The van der Waals surface area contributed by atoms with E-state index >= 15 is 0 Å². The summed E-state index contributed by atoms with van der Waals surface area (Å²) >= 11 is 0. The minimum Gasteiger partial charge on any atom is -0.475 e. The molecule has 2 fully saturated rings. The van der Waals surface area contributed by atoms with Gasteiger partial charge in [0.1, 0.15) is 5.69 Å². The molecule has 28 heavy (non-hydrogen) atoms. The van der Waals surface area contributed by atoms with E-state index in [1.165, 1.54) is 6.42 Å². The molecule has 0 aromatic carbocycles. The molecule has 1 N–H and O–H groups in total. The molecule has 0 saturated carbocycles. The maximum absolute atomic E-state index is 12.4. The molecule has 1 unspecified atom stereocenters. The number of nitrogens with zero attached hydrogens (tertiary/aromatic N) is 4. The third kappa shape index (κ3) is 5.02. The maximum atomic E-state index is 12.4. The van der Waals surface area contributed by atoms with Crippen molar-refractivity contribution in [2.45, 2.75) is 24.6 Å². The molecule has 0 aliphatic carbocycles. The Balaban J connectivity index is 0.000000345. The van der Waals surface area contributed by atoms with Gasteiger partial charge in [0.05, 0.1) is 5.54 Å². The number of halogens is 3. The van der Waals surface area contributed by atoms with Gasteiger partial charge >= 0.3 is 12.1 Å². The zero-order valence-electron chi connectivity index (χ0n) is 16.1. The largest absolute Gasteiger partial charge is 0.490 e. The van der Waals surface area contributed by atoms with Crippen LogP contribution in [0.4, 0.5) is 13.2 Å². The summed E-state index contributed by atoms with van der Waals surface area (Å²) in [7, 11) is 5.77. The van der Waals surface area contributed by atoms with Crippen molar-refractivity contribution in [3.63, 3.8) is 0 Å². The number of methoxy groups -OCH3 is 1. The van der Waals surface area contributed by atoms with Gasteiger partial charge in [-0.15, -0.1) is 0 Å². The molecule has 1 atom stereocenters. The number of hydrogen-bond donors (Lipinski definition) is 1. The van der Waals surface area contributed by atoms with Gasteiger partial charge in [0.2, 0.25) is 0 Å². The maximum Gasteiger partial charge on any atom is 0.490 e. The van der Waals surface area contributed by atoms with Crippen molar-refractivity contribution in [1.82, 2.24) is 19.6 Å². The molecule has 11 heteroatoms. The van der Waals surface area contributed by atoms with Crippen LogP contribution in [-0.4, -0.2) is 88.7 Å². The minimum atomic E-state index is -5.08. The van der Waals surface area contributed by atoms with E-state index in [1.807, 2.05) is 18.1 Å². The number of likely N-dealkylation sites (tertiary alicyclic amines) is 2. The number of piperidine rings is 1. The summed E-state index contributed by atoms with van der Waals surface area (Å²) in [4.78, 5) is 25.6. The van der Waals surface area contributed by atoms with E-state index < -0.39 is 12.1 Å². The van der Waals surface area contributed by atoms with Crippen LogP contribution in [0.15, 0.2) is 12.3 Å². The molecule has 2 saturated heterocycles. The Bertz CT molecular complexity index is 701. The number of ether oxygens (including phenoxy) is 1. The fourth-order valence-corrected chi connectivity index (χ4v) is 3.66. The number of rotatable bonds is 3. The Kier molecular flexibility index (Phi) is 6.71. The van der Waals surface area contributed by atoms with Gasteiger partial charge in [0.25, 0.3) is 5.91 Å². The van der Waals surface area contributed by atoms with E-state index in [0.29, 0.717) is 11.6 Å². The number of carboxylic acids is 1. The summed E-state index contributed by atoms with van der Waals surface area (Å²) < 4.78 is 38.7. The van der Waals surface area contributed by atoms with E-state index in [2.05, 4.69) is 17.0 Å². The van der Waals surface area contributed by atoms with E-state index in [4.69, 9.17) is 14.6 Å². The summed E-state index contributed by atoms with van der Waals surface area (Å²) in [6.07, 6.45) is -0.978. The summed E-state index contributed by atoms with van der Waals surface area (Å²) in [5.74, 6) is -2.10. The Morgan fingerprint density at radius 3 is 2.43 bits per heavy atom. The third-order valence-electron chi connectivity index (χ3n) is 5.19. The highest BCUT2D eigenvalue weighted by Gasteiger charge is 2.51. The third-order valence-corrected chi connectivity index (χ3v) is 5.19. The second kappa shape index (κ2) is 8.48. The molecule has 1 aromatic heterocycles. The smallest absolute Gasteiger partial charge is 0.475 e. The molecule has 0 radical (unpaired) electrons. The number of carbonyl (C=O) groups is 2. The zero-order chi connectivity index (χ0) is 21.1. The number of aromatic nitrogens is 2. The van der Waals surface area contributed by atoms with Gasteiger partial charge in [-0.2, -0.15) is 18.3 Å². The predicted molar refractivity (Wildman–Crippen MR) is 92.8 cm³/mol. The molecular formula is C17H25F3N4O4. The van der Waals surface area contributed by atoms with Crippen molar-refractivity contribution in [3.05, 3.63) is 18.0 Å². The molecule has 0 bridgehead atoms. The van der Waals surface area contributed by atoms with Crippen molar-refractivity contribution in [3.8, 4) is 0 Å². The van der Waals surface area contributed by atoms with Crippen LogP contribution in [0.2, 0.25) is 0 Å². The lowest BCUT2D eigenvalue weighted by atomic mass is 9.75. The first-order valence-corrected chi connectivity index (χ1v) is 8.78. The van der Waals surface area contributed by atoms with Crippen LogP contribution in [0.5, 0.6) is 0 Å². The average molecular weight is 406 g/mol. The van der Waals surface area contributed by atoms with Crippen molar-refractivity contribution in [1.29, 1.82) is 0 Å². The quantitative estimate of drug-likeness (QED) is 0.813. The second-order valence-electron chi connectivity index (χ2n) is 7.30. The standard InChI is InChI=1S/C15H24N4O2.C2HF3O2/c1-17-6-4-12(9-21-3)8-15(17)10-19(11-15)14(20)13-5-7-18(2)16-13;3-2(4,5)1(6)7/h5,7,12H,4,6,8-11H2,1-3H3;(H,6,7). The van der Waals surface area contributed by atoms with Crippen LogP contribution < -0.4 is 0 Å². The van der Waals surface area contributed by atoms with Gasteiger partial charge in [-0.1, -0.05) is 0 Å². The van der Waals surface area contributed by atoms with E-state index in [9.17, 15) is 18.0 Å². The number of amides is 1. The van der Waals surface area contributed by atoms with Crippen LogP contribution in [-0.2, 0) is 16.6 Å².